The molecule has 2 radical (unpaired) electrons. The minimum absolute atomic E-state index is 0. The molecule has 0 aliphatic heterocycles. The molecule has 1 aliphatic rings. The summed E-state index contributed by atoms with van der Waals surface area (Å²) in [6, 6.07) is 0. The summed E-state index contributed by atoms with van der Waals surface area (Å²) in [5, 5.41) is 0. The minimum Gasteiger partial charge on any atom is 0 e. The maximum Gasteiger partial charge on any atom is 0 e. The molecule has 0 aromatic carbocycles. The Morgan fingerprint density at radius 2 is 1.31 bits per heavy atom. The summed E-state index contributed by atoms with van der Waals surface area (Å²) < 4.78 is 23.8. The van der Waals surface area contributed by atoms with Crippen LogP contribution in [-0.4, -0.2) is 0 Å². The first-order chi connectivity index (χ1) is 5.89. The third-order valence-corrected chi connectivity index (χ3v) is 1.34. The summed E-state index contributed by atoms with van der Waals surface area (Å²) in [6.07, 6.45) is 8.20. The number of rotatable bonds is 0. The topological polar surface area (TPSA) is 59.7 Å². The first-order valence-corrected chi connectivity index (χ1v) is 3.46. The SMILES string of the molecule is IC1=CC=C[CH]1.[C-]#[O+].[C-]#[O+].[C-]#[O+].[Mn]. The molecule has 0 bridgehead atoms. The summed E-state index contributed by atoms with van der Waals surface area (Å²) in [4.78, 5) is 0. The largest absolute Gasteiger partial charge is 0 e. The molecule has 0 amide bonds. The Bertz CT molecular complexity index is 189. The zero-order valence-corrected chi connectivity index (χ0v) is 9.63. The van der Waals surface area contributed by atoms with Gasteiger partial charge < -0.3 is 0 Å². The number of hydrogen-bond donors (Lipinski definition) is 0. The Hall–Kier alpha value is -0.0505. The average molecular weight is 330 g/mol. The Morgan fingerprint density at radius 1 is 0.923 bits per heavy atom. The van der Waals surface area contributed by atoms with Crippen LogP contribution >= 0.6 is 22.6 Å². The van der Waals surface area contributed by atoms with Gasteiger partial charge in [-0.15, -0.1) is 0 Å². The second kappa shape index (κ2) is 29.7. The Balaban J connectivity index is -0.0000000508. The Labute approximate surface area is 101 Å². The second-order valence-electron chi connectivity index (χ2n) is 1.10. The van der Waals surface area contributed by atoms with Gasteiger partial charge in [0.2, 0.25) is 0 Å². The second-order valence-corrected chi connectivity index (χ2v) is 2.35. The van der Waals surface area contributed by atoms with Gasteiger partial charge in [0.05, 0.1) is 0 Å². The summed E-state index contributed by atoms with van der Waals surface area (Å²) in [6.45, 7) is 13.5. The fourth-order valence-electron chi connectivity index (χ4n) is 0.351. The van der Waals surface area contributed by atoms with Crippen molar-refractivity contribution in [3.8, 4) is 0 Å². The van der Waals surface area contributed by atoms with Crippen LogP contribution in [0.15, 0.2) is 21.8 Å². The quantitative estimate of drug-likeness (QED) is 0.282. The van der Waals surface area contributed by atoms with Crippen LogP contribution in [0.1, 0.15) is 0 Å². The van der Waals surface area contributed by atoms with E-state index in [1.807, 2.05) is 12.2 Å². The summed E-state index contributed by atoms with van der Waals surface area (Å²) >= 11 is 2.28. The van der Waals surface area contributed by atoms with Gasteiger partial charge in [0.1, 0.15) is 0 Å². The van der Waals surface area contributed by atoms with Gasteiger partial charge >= 0.3 is 33.9 Å². The maximum atomic E-state index is 7.50. The van der Waals surface area contributed by atoms with Crippen LogP contribution < -0.4 is 0 Å². The van der Waals surface area contributed by atoms with E-state index in [9.17, 15) is 0 Å². The molecule has 68 valence electrons. The van der Waals surface area contributed by atoms with Gasteiger partial charge in [-0.3, -0.25) is 0 Å². The number of allylic oxidation sites excluding steroid dienone is 4. The van der Waals surface area contributed by atoms with Gasteiger partial charge in [-0.05, 0) is 26.2 Å². The molecule has 5 heteroatoms. The van der Waals surface area contributed by atoms with Gasteiger partial charge in [0.15, 0.2) is 0 Å². The van der Waals surface area contributed by atoms with Gasteiger partial charge in [0, 0.05) is 23.5 Å². The van der Waals surface area contributed by atoms with Crippen molar-refractivity contribution < 1.29 is 31.0 Å². The molecule has 0 atom stereocenters. The molecule has 0 spiro atoms. The normalized spacial score (nSPS) is 9.00. The number of hydrogen-bond acceptors (Lipinski definition) is 0. The molecule has 0 aromatic heterocycles. The molecule has 0 saturated carbocycles. The van der Waals surface area contributed by atoms with Crippen LogP contribution in [0.3, 0.4) is 0 Å². The monoisotopic (exact) mass is 330 g/mol. The van der Waals surface area contributed by atoms with Crippen molar-refractivity contribution in [2.75, 3.05) is 0 Å². The van der Waals surface area contributed by atoms with E-state index in [-0.39, 0.29) is 17.1 Å². The van der Waals surface area contributed by atoms with Gasteiger partial charge in [0.25, 0.3) is 0 Å². The number of halogens is 1. The van der Waals surface area contributed by atoms with E-state index in [1.165, 1.54) is 3.58 Å². The predicted molar refractivity (Wildman–Crippen MR) is 47.3 cm³/mol. The third-order valence-electron chi connectivity index (χ3n) is 0.622. The van der Waals surface area contributed by atoms with Crippen molar-refractivity contribution in [2.45, 2.75) is 0 Å². The summed E-state index contributed by atoms with van der Waals surface area (Å²) in [5.41, 5.74) is 0. The zero-order valence-electron chi connectivity index (χ0n) is 6.29. The van der Waals surface area contributed by atoms with E-state index >= 15 is 0 Å². The first kappa shape index (κ1) is 23.1. The minimum atomic E-state index is 0. The van der Waals surface area contributed by atoms with Crippen molar-refractivity contribution >= 4 is 22.6 Å². The van der Waals surface area contributed by atoms with Gasteiger partial charge in [-0.1, -0.05) is 18.2 Å². The standard InChI is InChI=1S/C5H4I.3CO.Mn/c6-5-3-1-2-4-5;3*1-2;/h1-4H;;;;. The van der Waals surface area contributed by atoms with Crippen molar-refractivity contribution in [1.82, 2.24) is 0 Å². The van der Waals surface area contributed by atoms with Crippen molar-refractivity contribution in [3.63, 3.8) is 0 Å². The smallest absolute Gasteiger partial charge is 0 e. The average Bonchev–Trinajstić information content (AvgIpc) is 2.66. The molecule has 0 heterocycles. The molecule has 1 aliphatic carbocycles. The molecule has 0 aromatic rings. The van der Waals surface area contributed by atoms with Crippen molar-refractivity contribution in [1.29, 1.82) is 0 Å². The van der Waals surface area contributed by atoms with Crippen molar-refractivity contribution in [2.24, 2.45) is 0 Å². The summed E-state index contributed by atoms with van der Waals surface area (Å²) in [7, 11) is 0. The zero-order chi connectivity index (χ0) is 10.4. The van der Waals surface area contributed by atoms with Gasteiger partial charge in [-0.25, -0.2) is 0 Å². The van der Waals surface area contributed by atoms with Crippen LogP contribution in [0.4, 0.5) is 0 Å². The molecule has 0 unspecified atom stereocenters. The molecule has 0 fully saturated rings. The fraction of sp³-hybridized carbons (Fsp3) is 0. The first-order valence-electron chi connectivity index (χ1n) is 2.38. The fourth-order valence-corrected chi connectivity index (χ4v) is 0.766. The van der Waals surface area contributed by atoms with E-state index in [4.69, 9.17) is 14.0 Å². The molecule has 3 nitrogen and oxygen atoms in total. The van der Waals surface area contributed by atoms with Crippen LogP contribution in [0.5, 0.6) is 0 Å². The van der Waals surface area contributed by atoms with Crippen LogP contribution in [0.2, 0.25) is 0 Å². The van der Waals surface area contributed by atoms with E-state index in [2.05, 4.69) is 55.0 Å². The molecular formula is C8H4IMnO3. The van der Waals surface area contributed by atoms with E-state index in [0.29, 0.717) is 0 Å². The van der Waals surface area contributed by atoms with E-state index in [1.54, 1.807) is 0 Å². The van der Waals surface area contributed by atoms with Crippen LogP contribution in [-0.2, 0) is 31.0 Å². The molecule has 0 N–H and O–H groups in total. The molecule has 13 heavy (non-hydrogen) atoms. The molecule has 0 saturated heterocycles. The third kappa shape index (κ3) is 24.5. The van der Waals surface area contributed by atoms with Crippen molar-refractivity contribution in [3.05, 3.63) is 48.2 Å². The van der Waals surface area contributed by atoms with E-state index in [0.717, 1.165) is 0 Å². The summed E-state index contributed by atoms with van der Waals surface area (Å²) in [5.74, 6) is 0. The van der Waals surface area contributed by atoms with Gasteiger partial charge in [-0.2, -0.15) is 0 Å². The van der Waals surface area contributed by atoms with Crippen LogP contribution in [0, 0.1) is 26.4 Å². The Morgan fingerprint density at radius 3 is 1.38 bits per heavy atom. The maximum absolute atomic E-state index is 7.50. The Kier molecular flexibility index (Phi) is 52.7. The van der Waals surface area contributed by atoms with Crippen LogP contribution in [0.25, 0.3) is 0 Å². The predicted octanol–water partition coefficient (Wildman–Crippen LogP) is 1.96. The molecular weight excluding hydrogens is 326 g/mol. The molecule has 1 rings (SSSR count). The van der Waals surface area contributed by atoms with E-state index < -0.39 is 0 Å².